The number of aryl methyl sites for hydroxylation is 1. The van der Waals surface area contributed by atoms with Crippen molar-refractivity contribution in [2.45, 2.75) is 0 Å². The monoisotopic (exact) mass is 208 g/mol. The average molecular weight is 208 g/mol. The molecule has 2 aromatic rings. The standard InChI is InChI=1S/C7H8N6S/c1-13-3-9-2-4(13)5-10-6(8)12-7(14)11-5/h2-3H,1H3,(H3,8,10,11,12,14). The molecule has 0 unspecified atom stereocenters. The summed E-state index contributed by atoms with van der Waals surface area (Å²) in [5.74, 6) is 0.823. The van der Waals surface area contributed by atoms with Crippen LogP contribution in [0.25, 0.3) is 11.5 Å². The Hall–Kier alpha value is -1.76. The third kappa shape index (κ3) is 1.49. The molecule has 0 aromatic carbocycles. The smallest absolute Gasteiger partial charge is 0.224 e. The number of hydrogen-bond acceptors (Lipinski definition) is 5. The molecule has 0 aliphatic carbocycles. The minimum absolute atomic E-state index is 0.220. The van der Waals surface area contributed by atoms with Gasteiger partial charge in [-0.1, -0.05) is 0 Å². The minimum Gasteiger partial charge on any atom is -0.369 e. The zero-order chi connectivity index (χ0) is 10.1. The molecule has 14 heavy (non-hydrogen) atoms. The lowest BCUT2D eigenvalue weighted by Gasteiger charge is -2.01. The van der Waals surface area contributed by atoms with Crippen molar-refractivity contribution in [3.8, 4) is 11.5 Å². The van der Waals surface area contributed by atoms with Crippen molar-refractivity contribution < 1.29 is 0 Å². The van der Waals surface area contributed by atoms with Crippen molar-refractivity contribution in [2.75, 3.05) is 5.73 Å². The minimum atomic E-state index is 0.220. The molecule has 0 bridgehead atoms. The van der Waals surface area contributed by atoms with Gasteiger partial charge in [-0.25, -0.2) is 4.98 Å². The van der Waals surface area contributed by atoms with E-state index >= 15 is 0 Å². The second-order valence-corrected chi connectivity index (χ2v) is 3.12. The number of aromatic amines is 1. The highest BCUT2D eigenvalue weighted by atomic mass is 32.1. The Balaban J connectivity index is 2.63. The summed E-state index contributed by atoms with van der Waals surface area (Å²) in [6, 6.07) is 0. The van der Waals surface area contributed by atoms with Gasteiger partial charge >= 0.3 is 0 Å². The fourth-order valence-corrected chi connectivity index (χ4v) is 1.30. The van der Waals surface area contributed by atoms with Gasteiger partial charge in [-0.15, -0.1) is 0 Å². The lowest BCUT2D eigenvalue weighted by Crippen LogP contribution is -2.01. The van der Waals surface area contributed by atoms with Crippen LogP contribution in [0.5, 0.6) is 0 Å². The van der Waals surface area contributed by atoms with Gasteiger partial charge in [0.25, 0.3) is 0 Å². The number of rotatable bonds is 1. The van der Waals surface area contributed by atoms with E-state index in [0.717, 1.165) is 5.69 Å². The van der Waals surface area contributed by atoms with Crippen LogP contribution >= 0.6 is 12.2 Å². The van der Waals surface area contributed by atoms with Gasteiger partial charge in [0.15, 0.2) is 5.82 Å². The maximum atomic E-state index is 5.51. The molecule has 0 aliphatic rings. The number of nitrogens with one attached hydrogen (secondary N) is 1. The number of nitrogen functional groups attached to an aromatic ring is 1. The highest BCUT2D eigenvalue weighted by molar-refractivity contribution is 7.71. The summed E-state index contributed by atoms with van der Waals surface area (Å²) >= 11 is 4.85. The van der Waals surface area contributed by atoms with Crippen LogP contribution in [0.15, 0.2) is 12.5 Å². The van der Waals surface area contributed by atoms with Crippen molar-refractivity contribution in [1.82, 2.24) is 24.5 Å². The number of hydrogen-bond donors (Lipinski definition) is 2. The Morgan fingerprint density at radius 2 is 2.29 bits per heavy atom. The molecule has 0 fully saturated rings. The van der Waals surface area contributed by atoms with Crippen LogP contribution in [0, 0.1) is 4.77 Å². The van der Waals surface area contributed by atoms with Crippen LogP contribution in [0.1, 0.15) is 0 Å². The van der Waals surface area contributed by atoms with Gasteiger partial charge in [0, 0.05) is 7.05 Å². The highest BCUT2D eigenvalue weighted by Crippen LogP contribution is 2.12. The maximum absolute atomic E-state index is 5.51. The number of nitrogens with two attached hydrogens (primary N) is 1. The van der Waals surface area contributed by atoms with Crippen molar-refractivity contribution in [3.05, 3.63) is 17.3 Å². The molecule has 0 aliphatic heterocycles. The first-order valence-electron chi connectivity index (χ1n) is 3.87. The molecule has 0 atom stereocenters. The molecule has 0 radical (unpaired) electrons. The SMILES string of the molecule is Cn1cncc1-c1nc(=S)nc(N)[nH]1. The summed E-state index contributed by atoms with van der Waals surface area (Å²) in [6.07, 6.45) is 3.34. The van der Waals surface area contributed by atoms with E-state index in [4.69, 9.17) is 18.0 Å². The first-order chi connectivity index (χ1) is 6.66. The van der Waals surface area contributed by atoms with Crippen LogP contribution in [0.3, 0.4) is 0 Å². The Kier molecular flexibility index (Phi) is 2.01. The average Bonchev–Trinajstić information content (AvgIpc) is 2.49. The third-order valence-electron chi connectivity index (χ3n) is 1.73. The number of imidazole rings is 1. The summed E-state index contributed by atoms with van der Waals surface area (Å²) in [7, 11) is 1.86. The van der Waals surface area contributed by atoms with E-state index in [1.165, 1.54) is 0 Å². The van der Waals surface area contributed by atoms with Crippen LogP contribution in [-0.4, -0.2) is 24.5 Å². The maximum Gasteiger partial charge on any atom is 0.224 e. The van der Waals surface area contributed by atoms with E-state index in [1.54, 1.807) is 12.5 Å². The van der Waals surface area contributed by atoms with Gasteiger partial charge in [-0.2, -0.15) is 9.97 Å². The highest BCUT2D eigenvalue weighted by Gasteiger charge is 2.05. The first kappa shape index (κ1) is 8.82. The van der Waals surface area contributed by atoms with E-state index < -0.39 is 0 Å². The summed E-state index contributed by atoms with van der Waals surface area (Å²) in [5, 5.41) is 0. The molecule has 7 heteroatoms. The van der Waals surface area contributed by atoms with Gasteiger partial charge in [0.2, 0.25) is 10.7 Å². The van der Waals surface area contributed by atoms with Crippen LogP contribution in [0.4, 0.5) is 5.95 Å². The molecule has 6 nitrogen and oxygen atoms in total. The molecule has 2 rings (SSSR count). The Labute approximate surface area is 84.8 Å². The predicted molar refractivity (Wildman–Crippen MR) is 53.8 cm³/mol. The number of H-pyrrole nitrogens is 1. The Morgan fingerprint density at radius 1 is 1.50 bits per heavy atom. The van der Waals surface area contributed by atoms with Crippen molar-refractivity contribution in [3.63, 3.8) is 0 Å². The molecular weight excluding hydrogens is 200 g/mol. The summed E-state index contributed by atoms with van der Waals surface area (Å²) < 4.78 is 2.03. The first-order valence-corrected chi connectivity index (χ1v) is 4.28. The molecule has 0 saturated heterocycles. The van der Waals surface area contributed by atoms with E-state index in [-0.39, 0.29) is 10.7 Å². The van der Waals surface area contributed by atoms with Crippen molar-refractivity contribution >= 4 is 18.2 Å². The second-order valence-electron chi connectivity index (χ2n) is 2.75. The molecule has 72 valence electrons. The number of anilines is 1. The van der Waals surface area contributed by atoms with E-state index in [0.29, 0.717) is 5.82 Å². The van der Waals surface area contributed by atoms with E-state index in [9.17, 15) is 0 Å². The molecule has 0 saturated carbocycles. The number of nitrogens with zero attached hydrogens (tertiary/aromatic N) is 4. The lowest BCUT2D eigenvalue weighted by atomic mass is 10.4. The van der Waals surface area contributed by atoms with Gasteiger partial charge in [-0.3, -0.25) is 0 Å². The zero-order valence-corrected chi connectivity index (χ0v) is 8.25. The number of aromatic nitrogens is 5. The van der Waals surface area contributed by atoms with E-state index in [1.807, 2.05) is 11.6 Å². The molecular formula is C7H8N6S. The predicted octanol–water partition coefficient (Wildman–Crippen LogP) is 0.517. The van der Waals surface area contributed by atoms with Gasteiger partial charge in [0.05, 0.1) is 12.5 Å². The summed E-state index contributed by atoms with van der Waals surface area (Å²) in [5.41, 5.74) is 6.32. The lowest BCUT2D eigenvalue weighted by molar-refractivity contribution is 0.902. The molecule has 2 heterocycles. The van der Waals surface area contributed by atoms with Gasteiger partial charge in [0.1, 0.15) is 5.69 Å². The Morgan fingerprint density at radius 3 is 2.86 bits per heavy atom. The molecule has 0 spiro atoms. The second kappa shape index (κ2) is 3.18. The molecule has 3 N–H and O–H groups in total. The zero-order valence-electron chi connectivity index (χ0n) is 7.43. The topological polar surface area (TPSA) is 85.4 Å². The van der Waals surface area contributed by atoms with Gasteiger partial charge < -0.3 is 15.3 Å². The summed E-state index contributed by atoms with van der Waals surface area (Å²) in [4.78, 5) is 14.6. The quantitative estimate of drug-likeness (QED) is 0.667. The molecule has 0 amide bonds. The largest absolute Gasteiger partial charge is 0.369 e. The molecule has 2 aromatic heterocycles. The van der Waals surface area contributed by atoms with Crippen LogP contribution in [0.2, 0.25) is 0 Å². The van der Waals surface area contributed by atoms with Gasteiger partial charge in [-0.05, 0) is 12.2 Å². The Bertz CT molecular complexity index is 513. The fraction of sp³-hybridized carbons (Fsp3) is 0.143. The van der Waals surface area contributed by atoms with E-state index in [2.05, 4.69) is 19.9 Å². The van der Waals surface area contributed by atoms with Crippen molar-refractivity contribution in [2.24, 2.45) is 7.05 Å². The normalized spacial score (nSPS) is 10.4. The summed E-state index contributed by atoms with van der Waals surface area (Å²) in [6.45, 7) is 0. The van der Waals surface area contributed by atoms with Crippen LogP contribution in [-0.2, 0) is 7.05 Å². The fourth-order valence-electron chi connectivity index (χ4n) is 1.11. The third-order valence-corrected chi connectivity index (χ3v) is 1.91. The van der Waals surface area contributed by atoms with Crippen molar-refractivity contribution in [1.29, 1.82) is 0 Å². The van der Waals surface area contributed by atoms with Crippen LogP contribution < -0.4 is 5.73 Å².